The highest BCUT2D eigenvalue weighted by molar-refractivity contribution is 5.86. The van der Waals surface area contributed by atoms with E-state index in [-0.39, 0.29) is 40.6 Å². The lowest BCUT2D eigenvalue weighted by Crippen LogP contribution is -2.10. The number of nitrogen functional groups attached to an aromatic ring is 1. The Morgan fingerprint density at radius 1 is 1.29 bits per heavy atom. The van der Waals surface area contributed by atoms with E-state index in [0.29, 0.717) is 5.56 Å². The molecule has 1 aliphatic rings. The summed E-state index contributed by atoms with van der Waals surface area (Å²) in [6, 6.07) is 2.59. The molecule has 0 saturated carbocycles. The van der Waals surface area contributed by atoms with Crippen molar-refractivity contribution >= 4 is 23.4 Å². The van der Waals surface area contributed by atoms with Gasteiger partial charge in [-0.15, -0.1) is 5.10 Å². The maximum Gasteiger partial charge on any atom is 0.243 e. The van der Waals surface area contributed by atoms with Crippen LogP contribution in [0.15, 0.2) is 23.3 Å². The predicted octanol–water partition coefficient (Wildman–Crippen LogP) is 4.11. The van der Waals surface area contributed by atoms with Crippen molar-refractivity contribution < 1.29 is 22.3 Å². The second-order valence-corrected chi connectivity index (χ2v) is 6.39. The minimum absolute atomic E-state index is 0.00275. The molecule has 3 aromatic rings. The Kier molecular flexibility index (Phi) is 4.40. The molecule has 0 bridgehead atoms. The molecule has 1 unspecified atom stereocenters. The lowest BCUT2D eigenvalue weighted by Gasteiger charge is -2.22. The van der Waals surface area contributed by atoms with Crippen molar-refractivity contribution in [3.8, 4) is 17.0 Å². The van der Waals surface area contributed by atoms with Gasteiger partial charge in [0.05, 0.1) is 18.9 Å². The molecule has 6 nitrogen and oxygen atoms in total. The quantitative estimate of drug-likeness (QED) is 0.677. The molecule has 0 amide bonds. The summed E-state index contributed by atoms with van der Waals surface area (Å²) in [5.41, 5.74) is 6.19. The minimum atomic E-state index is -2.56. The molecule has 0 spiro atoms. The summed E-state index contributed by atoms with van der Waals surface area (Å²) in [4.78, 5) is 7.92. The number of nitrogens with two attached hydrogens (primary N) is 1. The van der Waals surface area contributed by atoms with E-state index in [1.165, 1.54) is 19.4 Å². The fraction of sp³-hybridized carbons (Fsp3) is 0.278. The maximum absolute atomic E-state index is 14.8. The van der Waals surface area contributed by atoms with E-state index in [0.717, 1.165) is 16.8 Å². The molecule has 146 valence electrons. The number of hydrogen-bond donors (Lipinski definition) is 1. The molecule has 1 aliphatic heterocycles. The number of rotatable bonds is 4. The normalized spacial score (nSPS) is 16.0. The number of alkyl halides is 2. The van der Waals surface area contributed by atoms with Crippen LogP contribution in [0.2, 0.25) is 0 Å². The number of benzene rings is 1. The Balaban J connectivity index is 1.95. The van der Waals surface area contributed by atoms with Crippen molar-refractivity contribution in [2.45, 2.75) is 25.2 Å². The number of halogens is 4. The third-order valence-corrected chi connectivity index (χ3v) is 4.66. The van der Waals surface area contributed by atoms with Gasteiger partial charge < -0.3 is 10.5 Å². The van der Waals surface area contributed by atoms with E-state index in [9.17, 15) is 17.6 Å². The summed E-state index contributed by atoms with van der Waals surface area (Å²) < 4.78 is 61.7. The van der Waals surface area contributed by atoms with Crippen LogP contribution in [0.5, 0.6) is 5.88 Å². The van der Waals surface area contributed by atoms with Crippen molar-refractivity contribution in [3.63, 3.8) is 0 Å². The van der Waals surface area contributed by atoms with Gasteiger partial charge in [-0.05, 0) is 35.6 Å². The third kappa shape index (κ3) is 2.94. The largest absolute Gasteiger partial charge is 0.479 e. The summed E-state index contributed by atoms with van der Waals surface area (Å²) in [5, 5.41) is 3.90. The molecular weight excluding hydrogens is 378 g/mol. The summed E-state index contributed by atoms with van der Waals surface area (Å²) >= 11 is 0. The van der Waals surface area contributed by atoms with E-state index in [1.54, 1.807) is 0 Å². The Hall–Kier alpha value is -3.17. The van der Waals surface area contributed by atoms with Crippen molar-refractivity contribution in [3.05, 3.63) is 35.5 Å². The molecule has 0 fully saturated rings. The van der Waals surface area contributed by atoms with Crippen LogP contribution in [-0.2, 0) is 0 Å². The first-order valence-electron chi connectivity index (χ1n) is 8.41. The molecule has 1 atom stereocenters. The monoisotopic (exact) mass is 393 g/mol. The first-order chi connectivity index (χ1) is 13.4. The number of anilines is 1. The highest BCUT2D eigenvalue weighted by Gasteiger charge is 2.27. The van der Waals surface area contributed by atoms with Crippen LogP contribution >= 0.6 is 0 Å². The lowest BCUT2D eigenvalue weighted by atomic mass is 9.87. The zero-order valence-electron chi connectivity index (χ0n) is 14.7. The van der Waals surface area contributed by atoms with Gasteiger partial charge in [0.1, 0.15) is 17.0 Å². The number of aliphatic imine (C=N–C) groups is 1. The number of ether oxygens (including phenoxy) is 1. The molecule has 3 heterocycles. The van der Waals surface area contributed by atoms with E-state index in [1.807, 2.05) is 0 Å². The fourth-order valence-electron chi connectivity index (χ4n) is 3.50. The van der Waals surface area contributed by atoms with E-state index in [4.69, 9.17) is 10.5 Å². The zero-order chi connectivity index (χ0) is 20.0. The Morgan fingerprint density at radius 3 is 2.79 bits per heavy atom. The standard InChI is InChI=1S/C18H15F4N5O/c1-28-17-16-14(12(20)7-27(16)26-18(23)25-17)9-4-10-8(6-13(21)22)2-3-24-15(10)11(19)5-9/h3-5,7-8,13H,2,6H2,1H3,(H2,23,26). The highest BCUT2D eigenvalue weighted by Crippen LogP contribution is 2.42. The van der Waals surface area contributed by atoms with Crippen LogP contribution in [0, 0.1) is 11.6 Å². The molecule has 0 saturated heterocycles. The van der Waals surface area contributed by atoms with Gasteiger partial charge in [0, 0.05) is 12.6 Å². The highest BCUT2D eigenvalue weighted by atomic mass is 19.3. The molecule has 28 heavy (non-hydrogen) atoms. The van der Waals surface area contributed by atoms with Crippen LogP contribution in [0.4, 0.5) is 29.2 Å². The van der Waals surface area contributed by atoms with Crippen molar-refractivity contribution in [1.29, 1.82) is 0 Å². The van der Waals surface area contributed by atoms with Gasteiger partial charge in [0.25, 0.3) is 0 Å². The number of methoxy groups -OCH3 is 1. The smallest absolute Gasteiger partial charge is 0.243 e. The molecular formula is C18H15F4N5O. The van der Waals surface area contributed by atoms with Crippen molar-refractivity contribution in [2.24, 2.45) is 4.99 Å². The van der Waals surface area contributed by atoms with Crippen LogP contribution in [-0.4, -0.2) is 34.3 Å². The zero-order valence-corrected chi connectivity index (χ0v) is 14.7. The summed E-state index contributed by atoms with van der Waals surface area (Å²) in [7, 11) is 1.33. The van der Waals surface area contributed by atoms with Crippen LogP contribution in [0.1, 0.15) is 24.3 Å². The second-order valence-electron chi connectivity index (χ2n) is 6.39. The average molecular weight is 393 g/mol. The summed E-state index contributed by atoms with van der Waals surface area (Å²) in [6.45, 7) is 0. The average Bonchev–Trinajstić information content (AvgIpc) is 2.96. The minimum Gasteiger partial charge on any atom is -0.479 e. The predicted molar refractivity (Wildman–Crippen MR) is 95.4 cm³/mol. The second kappa shape index (κ2) is 6.77. The van der Waals surface area contributed by atoms with E-state index < -0.39 is 30.4 Å². The summed E-state index contributed by atoms with van der Waals surface area (Å²) in [6.07, 6.45) is -0.255. The number of nitrogens with zero attached hydrogens (tertiary/aromatic N) is 4. The number of aromatic nitrogens is 3. The van der Waals surface area contributed by atoms with Crippen molar-refractivity contribution in [1.82, 2.24) is 14.6 Å². The van der Waals surface area contributed by atoms with Gasteiger partial charge in [-0.3, -0.25) is 4.99 Å². The van der Waals surface area contributed by atoms with Gasteiger partial charge >= 0.3 is 0 Å². The molecule has 2 N–H and O–H groups in total. The lowest BCUT2D eigenvalue weighted by molar-refractivity contribution is 0.128. The van der Waals surface area contributed by atoms with Crippen LogP contribution in [0.3, 0.4) is 0 Å². The van der Waals surface area contributed by atoms with Gasteiger partial charge in [0.15, 0.2) is 5.82 Å². The first-order valence-corrected chi connectivity index (χ1v) is 8.41. The van der Waals surface area contributed by atoms with Gasteiger partial charge in [-0.25, -0.2) is 22.1 Å². The van der Waals surface area contributed by atoms with Crippen LogP contribution in [0.25, 0.3) is 16.6 Å². The molecule has 1 aromatic carbocycles. The third-order valence-electron chi connectivity index (χ3n) is 4.66. The van der Waals surface area contributed by atoms with Crippen molar-refractivity contribution in [2.75, 3.05) is 12.8 Å². The number of hydrogen-bond acceptors (Lipinski definition) is 5. The molecule has 10 heteroatoms. The SMILES string of the molecule is COc1nc(N)nn2cc(F)c(-c3cc(F)c4c(c3)C(CC(F)F)CC=N4)c12. The van der Waals surface area contributed by atoms with Crippen LogP contribution < -0.4 is 10.5 Å². The van der Waals surface area contributed by atoms with Gasteiger partial charge in [-0.1, -0.05) is 0 Å². The maximum atomic E-state index is 14.8. The van der Waals surface area contributed by atoms with Gasteiger partial charge in [0.2, 0.25) is 18.3 Å². The number of fused-ring (bicyclic) bond motifs is 2. The Morgan fingerprint density at radius 2 is 2.07 bits per heavy atom. The Bertz CT molecular complexity index is 1100. The topological polar surface area (TPSA) is 77.8 Å². The summed E-state index contributed by atoms with van der Waals surface area (Å²) in [5.74, 6) is -2.17. The Labute approximate surface area is 156 Å². The van der Waals surface area contributed by atoms with Gasteiger partial charge in [-0.2, -0.15) is 4.98 Å². The molecule has 0 aliphatic carbocycles. The molecule has 2 aromatic heterocycles. The molecule has 0 radical (unpaired) electrons. The molecule has 4 rings (SSSR count). The van der Waals surface area contributed by atoms with E-state index >= 15 is 0 Å². The van der Waals surface area contributed by atoms with E-state index in [2.05, 4.69) is 15.1 Å². The first kappa shape index (κ1) is 18.2. The fourth-order valence-corrected chi connectivity index (χ4v) is 3.50.